The summed E-state index contributed by atoms with van der Waals surface area (Å²) in [6.45, 7) is 2.05. The third-order valence-corrected chi connectivity index (χ3v) is 9.17. The molecule has 4 aliphatic carbocycles. The molecule has 112 valence electrons. The van der Waals surface area contributed by atoms with Crippen LogP contribution in [0, 0.1) is 11.8 Å². The van der Waals surface area contributed by atoms with Crippen molar-refractivity contribution in [2.24, 2.45) is 11.8 Å². The summed E-state index contributed by atoms with van der Waals surface area (Å²) in [5, 5.41) is 0. The van der Waals surface area contributed by atoms with Crippen molar-refractivity contribution in [2.45, 2.75) is 60.2 Å². The van der Waals surface area contributed by atoms with Gasteiger partial charge in [-0.25, -0.2) is 0 Å². The molecular weight excluding hydrogens is 288 g/mol. The van der Waals surface area contributed by atoms with Crippen molar-refractivity contribution in [2.75, 3.05) is 24.7 Å². The molecule has 4 heteroatoms. The molecule has 2 aliphatic heterocycles. The second-order valence-electron chi connectivity index (χ2n) is 7.86. The predicted octanol–water partition coefficient (Wildman–Crippen LogP) is 3.34. The molecule has 2 heterocycles. The van der Waals surface area contributed by atoms with Gasteiger partial charge in [-0.05, 0) is 50.4 Å². The van der Waals surface area contributed by atoms with Gasteiger partial charge in [0.15, 0.2) is 0 Å². The Morgan fingerprint density at radius 2 is 1.25 bits per heavy atom. The molecule has 20 heavy (non-hydrogen) atoms. The molecule has 0 aromatic rings. The zero-order valence-electron chi connectivity index (χ0n) is 12.0. The van der Waals surface area contributed by atoms with E-state index in [1.807, 2.05) is 0 Å². The summed E-state index contributed by atoms with van der Waals surface area (Å²) in [5.74, 6) is 4.56. The summed E-state index contributed by atoms with van der Waals surface area (Å²) in [6.07, 6.45) is 10.2. The maximum Gasteiger partial charge on any atom is 0.0900 e. The maximum atomic E-state index is 5.44. The van der Waals surface area contributed by atoms with E-state index in [0.29, 0.717) is 21.7 Å². The van der Waals surface area contributed by atoms with Crippen LogP contribution in [0.2, 0.25) is 0 Å². The molecule has 0 spiro atoms. The number of thioether (sulfide) groups is 2. The Balaban J connectivity index is 1.32. The Morgan fingerprint density at radius 1 is 0.800 bits per heavy atom. The predicted molar refractivity (Wildman–Crippen MR) is 84.5 cm³/mol. The van der Waals surface area contributed by atoms with Crippen LogP contribution in [0.15, 0.2) is 0 Å². The van der Waals surface area contributed by atoms with Crippen LogP contribution in [0.4, 0.5) is 0 Å². The van der Waals surface area contributed by atoms with E-state index < -0.39 is 0 Å². The van der Waals surface area contributed by atoms with Crippen molar-refractivity contribution in [1.29, 1.82) is 0 Å². The van der Waals surface area contributed by atoms with Crippen LogP contribution >= 0.6 is 23.5 Å². The molecule has 0 N–H and O–H groups in total. The summed E-state index contributed by atoms with van der Waals surface area (Å²) in [5.41, 5.74) is 0. The van der Waals surface area contributed by atoms with Crippen LogP contribution in [0.5, 0.6) is 0 Å². The summed E-state index contributed by atoms with van der Waals surface area (Å²) < 4.78 is 12.1. The van der Waals surface area contributed by atoms with Crippen LogP contribution in [0.25, 0.3) is 0 Å². The normalized spacial score (nSPS) is 55.2. The molecule has 0 aromatic carbocycles. The first-order valence-corrected chi connectivity index (χ1v) is 10.2. The average molecular weight is 313 g/mol. The fraction of sp³-hybridized carbons (Fsp3) is 1.00. The van der Waals surface area contributed by atoms with E-state index in [9.17, 15) is 0 Å². The lowest BCUT2D eigenvalue weighted by atomic mass is 9.55. The second kappa shape index (κ2) is 4.56. The lowest BCUT2D eigenvalue weighted by molar-refractivity contribution is 0.0574. The van der Waals surface area contributed by atoms with Crippen LogP contribution in [-0.4, -0.2) is 46.4 Å². The Bertz CT molecular complexity index is 357. The minimum Gasteiger partial charge on any atom is -0.372 e. The Labute approximate surface area is 130 Å². The molecule has 2 atom stereocenters. The van der Waals surface area contributed by atoms with Crippen LogP contribution < -0.4 is 0 Å². The fourth-order valence-corrected chi connectivity index (χ4v) is 9.03. The van der Waals surface area contributed by atoms with E-state index in [0.717, 1.165) is 25.0 Å². The van der Waals surface area contributed by atoms with Crippen LogP contribution in [0.1, 0.15) is 38.5 Å². The van der Waals surface area contributed by atoms with Gasteiger partial charge in [0.2, 0.25) is 0 Å². The highest BCUT2D eigenvalue weighted by molar-refractivity contribution is 8.01. The highest BCUT2D eigenvalue weighted by Crippen LogP contribution is 2.66. The molecule has 4 saturated carbocycles. The highest BCUT2D eigenvalue weighted by Gasteiger charge is 2.58. The van der Waals surface area contributed by atoms with Crippen LogP contribution in [0.3, 0.4) is 0 Å². The zero-order chi connectivity index (χ0) is 13.2. The number of hydrogen-bond acceptors (Lipinski definition) is 4. The first kappa shape index (κ1) is 13.1. The van der Waals surface area contributed by atoms with E-state index in [1.54, 1.807) is 0 Å². The van der Waals surface area contributed by atoms with Gasteiger partial charge >= 0.3 is 0 Å². The first-order valence-electron chi connectivity index (χ1n) is 8.24. The highest BCUT2D eigenvalue weighted by atomic mass is 32.2. The fourth-order valence-electron chi connectivity index (χ4n) is 5.30. The van der Waals surface area contributed by atoms with E-state index >= 15 is 0 Å². The summed E-state index contributed by atoms with van der Waals surface area (Å²) >= 11 is 4.57. The van der Waals surface area contributed by atoms with Gasteiger partial charge in [-0.15, -0.1) is 0 Å². The summed E-state index contributed by atoms with van der Waals surface area (Å²) in [7, 11) is 0. The van der Waals surface area contributed by atoms with Gasteiger partial charge in [-0.3, -0.25) is 0 Å². The molecule has 0 radical (unpaired) electrons. The maximum absolute atomic E-state index is 5.44. The van der Waals surface area contributed by atoms with E-state index in [2.05, 4.69) is 23.5 Å². The van der Waals surface area contributed by atoms with E-state index in [-0.39, 0.29) is 0 Å². The van der Waals surface area contributed by atoms with Gasteiger partial charge in [0.1, 0.15) is 0 Å². The molecule has 6 aliphatic rings. The van der Waals surface area contributed by atoms with E-state index in [1.165, 1.54) is 50.0 Å². The lowest BCUT2D eigenvalue weighted by Gasteiger charge is -2.61. The van der Waals surface area contributed by atoms with Crippen LogP contribution in [-0.2, 0) is 9.47 Å². The van der Waals surface area contributed by atoms with Crippen molar-refractivity contribution >= 4 is 23.5 Å². The third kappa shape index (κ3) is 2.45. The first-order chi connectivity index (χ1) is 9.73. The molecule has 4 bridgehead atoms. The molecule has 2 saturated heterocycles. The minimum absolute atomic E-state index is 0.594. The number of rotatable bonds is 6. The van der Waals surface area contributed by atoms with Crippen molar-refractivity contribution in [3.8, 4) is 0 Å². The SMILES string of the molecule is C1C2CC3(SCC4CO4)CC1CC(SCC1CO1)(C2)C3. The van der Waals surface area contributed by atoms with Crippen molar-refractivity contribution in [1.82, 2.24) is 0 Å². The molecular formula is C16H24O2S2. The quantitative estimate of drug-likeness (QED) is 0.702. The minimum atomic E-state index is 0.594. The van der Waals surface area contributed by atoms with Crippen molar-refractivity contribution in [3.05, 3.63) is 0 Å². The Morgan fingerprint density at radius 3 is 1.65 bits per heavy atom. The van der Waals surface area contributed by atoms with Crippen molar-refractivity contribution < 1.29 is 9.47 Å². The van der Waals surface area contributed by atoms with Gasteiger partial charge < -0.3 is 9.47 Å². The largest absolute Gasteiger partial charge is 0.372 e. The summed E-state index contributed by atoms with van der Waals surface area (Å²) in [6, 6.07) is 0. The third-order valence-electron chi connectivity index (χ3n) is 5.91. The van der Waals surface area contributed by atoms with E-state index in [4.69, 9.17) is 9.47 Å². The summed E-state index contributed by atoms with van der Waals surface area (Å²) in [4.78, 5) is 0. The van der Waals surface area contributed by atoms with Gasteiger partial charge in [0.25, 0.3) is 0 Å². The topological polar surface area (TPSA) is 25.1 Å². The number of ether oxygens (including phenoxy) is 2. The smallest absolute Gasteiger partial charge is 0.0900 e. The number of hydrogen-bond donors (Lipinski definition) is 0. The Hall–Kier alpha value is 0.620. The molecule has 0 aromatic heterocycles. The Kier molecular flexibility index (Phi) is 2.99. The zero-order valence-corrected chi connectivity index (χ0v) is 13.6. The number of epoxide rings is 2. The molecule has 0 amide bonds. The monoisotopic (exact) mass is 312 g/mol. The molecule has 6 fully saturated rings. The van der Waals surface area contributed by atoms with Crippen molar-refractivity contribution in [3.63, 3.8) is 0 Å². The average Bonchev–Trinajstić information content (AvgIpc) is 3.26. The van der Waals surface area contributed by atoms with Gasteiger partial charge in [-0.1, -0.05) is 0 Å². The standard InChI is InChI=1S/C16H24O2S2/c1-11-2-15(19-8-13-6-17-13)4-12(1)5-16(3-11,10-15)20-9-14-7-18-14/h11-14H,1-10H2. The molecule has 2 unspecified atom stereocenters. The van der Waals surface area contributed by atoms with Gasteiger partial charge in [0.05, 0.1) is 25.4 Å². The molecule has 2 nitrogen and oxygen atoms in total. The lowest BCUT2D eigenvalue weighted by Crippen LogP contribution is -2.56. The second-order valence-corrected chi connectivity index (χ2v) is 10.8. The van der Waals surface area contributed by atoms with Gasteiger partial charge in [-0.2, -0.15) is 23.5 Å². The van der Waals surface area contributed by atoms with Gasteiger partial charge in [0, 0.05) is 21.0 Å². The molecule has 6 rings (SSSR count).